The molecule has 118 valence electrons. The minimum atomic E-state index is 0.0966. The number of rotatable bonds is 3. The molecule has 0 radical (unpaired) electrons. The minimum Gasteiger partial charge on any atom is -0.312 e. The van der Waals surface area contributed by atoms with Crippen molar-refractivity contribution in [3.8, 4) is 0 Å². The topological polar surface area (TPSA) is 23.6 Å². The van der Waals surface area contributed by atoms with Crippen molar-refractivity contribution in [2.45, 2.75) is 44.4 Å². The Morgan fingerprint density at radius 2 is 1.91 bits per heavy atom. The molecule has 3 nitrogen and oxygen atoms in total. The quantitative estimate of drug-likeness (QED) is 0.855. The first-order valence-corrected chi connectivity index (χ1v) is 8.84. The van der Waals surface area contributed by atoms with Crippen LogP contribution in [0.3, 0.4) is 0 Å². The van der Waals surface area contributed by atoms with Gasteiger partial charge in [-0.25, -0.2) is 0 Å². The van der Waals surface area contributed by atoms with Gasteiger partial charge in [0.25, 0.3) is 0 Å². The molecule has 0 N–H and O–H groups in total. The SMILES string of the molecule is CCN1C(=O)CC2(CCN(CC3CC3)CC2)c2ccccc21. The summed E-state index contributed by atoms with van der Waals surface area (Å²) < 4.78 is 0. The summed E-state index contributed by atoms with van der Waals surface area (Å²) in [6.45, 7) is 6.45. The van der Waals surface area contributed by atoms with Crippen molar-refractivity contribution in [1.29, 1.82) is 0 Å². The average molecular weight is 298 g/mol. The first-order chi connectivity index (χ1) is 10.7. The number of para-hydroxylation sites is 1. The van der Waals surface area contributed by atoms with Crippen molar-refractivity contribution < 1.29 is 4.79 Å². The fraction of sp³-hybridized carbons (Fsp3) is 0.632. The zero-order valence-electron chi connectivity index (χ0n) is 13.6. The van der Waals surface area contributed by atoms with E-state index in [2.05, 4.69) is 36.1 Å². The molecule has 0 unspecified atom stereocenters. The molecule has 3 aliphatic rings. The molecule has 1 saturated carbocycles. The second-order valence-electron chi connectivity index (χ2n) is 7.36. The highest BCUT2D eigenvalue weighted by molar-refractivity contribution is 5.97. The summed E-state index contributed by atoms with van der Waals surface area (Å²) in [5.41, 5.74) is 2.68. The Balaban J connectivity index is 1.60. The normalized spacial score (nSPS) is 24.6. The smallest absolute Gasteiger partial charge is 0.227 e. The van der Waals surface area contributed by atoms with E-state index in [1.54, 1.807) is 0 Å². The van der Waals surface area contributed by atoms with Crippen LogP contribution in [0, 0.1) is 5.92 Å². The maximum atomic E-state index is 12.6. The highest BCUT2D eigenvalue weighted by atomic mass is 16.2. The van der Waals surface area contributed by atoms with Gasteiger partial charge >= 0.3 is 0 Å². The van der Waals surface area contributed by atoms with Gasteiger partial charge in [0.15, 0.2) is 0 Å². The Hall–Kier alpha value is -1.35. The number of benzene rings is 1. The fourth-order valence-electron chi connectivity index (χ4n) is 4.39. The van der Waals surface area contributed by atoms with Crippen LogP contribution in [0.2, 0.25) is 0 Å². The predicted molar refractivity (Wildman–Crippen MR) is 89.2 cm³/mol. The lowest BCUT2D eigenvalue weighted by Crippen LogP contribution is -2.50. The Morgan fingerprint density at radius 3 is 2.59 bits per heavy atom. The molecule has 2 fully saturated rings. The zero-order chi connectivity index (χ0) is 15.2. The Labute approximate surface area is 133 Å². The molecule has 1 aliphatic carbocycles. The van der Waals surface area contributed by atoms with Crippen molar-refractivity contribution in [3.63, 3.8) is 0 Å². The van der Waals surface area contributed by atoms with Crippen molar-refractivity contribution in [1.82, 2.24) is 4.90 Å². The van der Waals surface area contributed by atoms with E-state index in [1.807, 2.05) is 4.90 Å². The van der Waals surface area contributed by atoms with E-state index in [9.17, 15) is 4.79 Å². The molecule has 1 aromatic rings. The first-order valence-electron chi connectivity index (χ1n) is 8.84. The maximum absolute atomic E-state index is 12.6. The molecular weight excluding hydrogens is 272 g/mol. The van der Waals surface area contributed by atoms with Gasteiger partial charge in [0, 0.05) is 30.6 Å². The van der Waals surface area contributed by atoms with Gasteiger partial charge in [0.05, 0.1) is 0 Å². The van der Waals surface area contributed by atoms with Crippen molar-refractivity contribution in [2.24, 2.45) is 5.92 Å². The van der Waals surface area contributed by atoms with Gasteiger partial charge in [-0.3, -0.25) is 4.79 Å². The summed E-state index contributed by atoms with van der Waals surface area (Å²) in [6.07, 6.45) is 5.83. The van der Waals surface area contributed by atoms with Crippen molar-refractivity contribution in [2.75, 3.05) is 31.1 Å². The van der Waals surface area contributed by atoms with Crippen molar-refractivity contribution >= 4 is 11.6 Å². The largest absolute Gasteiger partial charge is 0.312 e. The van der Waals surface area contributed by atoms with Crippen LogP contribution in [0.1, 0.15) is 44.6 Å². The van der Waals surface area contributed by atoms with Gasteiger partial charge in [-0.1, -0.05) is 18.2 Å². The monoisotopic (exact) mass is 298 g/mol. The molecule has 4 rings (SSSR count). The summed E-state index contributed by atoms with van der Waals surface area (Å²) >= 11 is 0. The molecule has 1 aromatic carbocycles. The van der Waals surface area contributed by atoms with Crippen LogP contribution in [-0.2, 0) is 10.2 Å². The number of likely N-dealkylation sites (tertiary alicyclic amines) is 1. The molecule has 1 spiro atoms. The first kappa shape index (κ1) is 14.3. The predicted octanol–water partition coefficient (Wildman–Crippen LogP) is 3.19. The fourth-order valence-corrected chi connectivity index (χ4v) is 4.39. The summed E-state index contributed by atoms with van der Waals surface area (Å²) in [5.74, 6) is 1.28. The number of fused-ring (bicyclic) bond motifs is 2. The van der Waals surface area contributed by atoms with Gasteiger partial charge in [0.1, 0.15) is 0 Å². The molecule has 2 heterocycles. The summed E-state index contributed by atoms with van der Waals surface area (Å²) in [4.78, 5) is 17.2. The lowest BCUT2D eigenvalue weighted by atomic mass is 9.67. The van der Waals surface area contributed by atoms with Crippen LogP contribution in [-0.4, -0.2) is 37.0 Å². The van der Waals surface area contributed by atoms with Gasteiger partial charge in [0.2, 0.25) is 5.91 Å². The molecule has 3 heteroatoms. The standard InChI is InChI=1S/C19H26N2O/c1-2-21-17-6-4-3-5-16(17)19(13-18(21)22)9-11-20(12-10-19)14-15-7-8-15/h3-6,15H,2,7-14H2,1H3. The Morgan fingerprint density at radius 1 is 1.18 bits per heavy atom. The molecular formula is C19H26N2O. The van der Waals surface area contributed by atoms with Crippen LogP contribution in [0.25, 0.3) is 0 Å². The molecule has 2 aliphatic heterocycles. The van der Waals surface area contributed by atoms with Crippen molar-refractivity contribution in [3.05, 3.63) is 29.8 Å². The third-order valence-electron chi connectivity index (χ3n) is 5.90. The van der Waals surface area contributed by atoms with Gasteiger partial charge in [-0.15, -0.1) is 0 Å². The average Bonchev–Trinajstić information content (AvgIpc) is 3.34. The Bertz CT molecular complexity index is 571. The van der Waals surface area contributed by atoms with E-state index in [1.165, 1.54) is 24.9 Å². The third-order valence-corrected chi connectivity index (χ3v) is 5.90. The van der Waals surface area contributed by atoms with Crippen LogP contribution >= 0.6 is 0 Å². The van der Waals surface area contributed by atoms with E-state index < -0.39 is 0 Å². The van der Waals surface area contributed by atoms with Crippen LogP contribution in [0.15, 0.2) is 24.3 Å². The number of carbonyl (C=O) groups excluding carboxylic acids is 1. The summed E-state index contributed by atoms with van der Waals surface area (Å²) in [6, 6.07) is 8.60. The van der Waals surface area contributed by atoms with E-state index in [-0.39, 0.29) is 5.41 Å². The number of hydrogen-bond acceptors (Lipinski definition) is 2. The summed E-state index contributed by atoms with van der Waals surface area (Å²) in [7, 11) is 0. The number of piperidine rings is 1. The number of anilines is 1. The summed E-state index contributed by atoms with van der Waals surface area (Å²) in [5, 5.41) is 0. The number of nitrogens with zero attached hydrogens (tertiary/aromatic N) is 2. The van der Waals surface area contributed by atoms with Gasteiger partial charge in [-0.2, -0.15) is 0 Å². The van der Waals surface area contributed by atoms with E-state index in [4.69, 9.17) is 0 Å². The molecule has 1 saturated heterocycles. The lowest BCUT2D eigenvalue weighted by molar-refractivity contribution is -0.120. The van der Waals surface area contributed by atoms with Crippen LogP contribution in [0.5, 0.6) is 0 Å². The lowest BCUT2D eigenvalue weighted by Gasteiger charge is -2.47. The molecule has 0 aromatic heterocycles. The highest BCUT2D eigenvalue weighted by Crippen LogP contribution is 2.47. The van der Waals surface area contributed by atoms with Gasteiger partial charge in [-0.05, 0) is 63.2 Å². The molecule has 0 bridgehead atoms. The van der Waals surface area contributed by atoms with E-state index in [0.29, 0.717) is 12.3 Å². The van der Waals surface area contributed by atoms with Crippen LogP contribution in [0.4, 0.5) is 5.69 Å². The van der Waals surface area contributed by atoms with Crippen LogP contribution < -0.4 is 4.90 Å². The second-order valence-corrected chi connectivity index (χ2v) is 7.36. The molecule has 0 atom stereocenters. The minimum absolute atomic E-state index is 0.0966. The molecule has 1 amide bonds. The van der Waals surface area contributed by atoms with Gasteiger partial charge < -0.3 is 9.80 Å². The number of carbonyl (C=O) groups is 1. The maximum Gasteiger partial charge on any atom is 0.227 e. The zero-order valence-corrected chi connectivity index (χ0v) is 13.6. The second kappa shape index (κ2) is 5.38. The molecule has 22 heavy (non-hydrogen) atoms. The number of hydrogen-bond donors (Lipinski definition) is 0. The van der Waals surface area contributed by atoms with E-state index in [0.717, 1.165) is 44.1 Å². The Kier molecular flexibility index (Phi) is 3.48. The third kappa shape index (κ3) is 2.36. The highest BCUT2D eigenvalue weighted by Gasteiger charge is 2.44. The van der Waals surface area contributed by atoms with E-state index >= 15 is 0 Å². The number of amides is 1.